The highest BCUT2D eigenvalue weighted by Gasteiger charge is 2.38. The van der Waals surface area contributed by atoms with Crippen molar-refractivity contribution in [2.75, 3.05) is 0 Å². The Kier molecular flexibility index (Phi) is 6.65. The molecule has 2 atom stereocenters. The Morgan fingerprint density at radius 3 is 2.66 bits per heavy atom. The van der Waals surface area contributed by atoms with Gasteiger partial charge in [0.15, 0.2) is 0 Å². The number of thiazole rings is 1. The second kappa shape index (κ2) is 9.61. The minimum atomic E-state index is -0.472. The fourth-order valence-electron chi connectivity index (χ4n) is 4.11. The van der Waals surface area contributed by atoms with Crippen molar-refractivity contribution in [2.45, 2.75) is 50.6 Å². The summed E-state index contributed by atoms with van der Waals surface area (Å²) in [6.45, 7) is 1.95. The maximum Gasteiger partial charge on any atom is 0.220 e. The van der Waals surface area contributed by atoms with E-state index < -0.39 is 5.54 Å². The Bertz CT molecular complexity index is 1080. The van der Waals surface area contributed by atoms with E-state index in [-0.39, 0.29) is 23.7 Å². The van der Waals surface area contributed by atoms with Gasteiger partial charge in [-0.2, -0.15) is 0 Å². The van der Waals surface area contributed by atoms with E-state index in [0.29, 0.717) is 32.1 Å². The van der Waals surface area contributed by atoms with Crippen LogP contribution in [0.15, 0.2) is 60.8 Å². The molecular formula is C25H26FN3O2S. The van der Waals surface area contributed by atoms with Crippen molar-refractivity contribution < 1.29 is 14.0 Å². The zero-order valence-electron chi connectivity index (χ0n) is 17.9. The van der Waals surface area contributed by atoms with Gasteiger partial charge in [0.1, 0.15) is 10.8 Å². The average Bonchev–Trinajstić information content (AvgIpc) is 3.42. The molecular weight excluding hydrogens is 425 g/mol. The second-order valence-electron chi connectivity index (χ2n) is 8.35. The highest BCUT2D eigenvalue weighted by atomic mass is 32.1. The minimum absolute atomic E-state index is 0.000936. The van der Waals surface area contributed by atoms with Crippen LogP contribution in [0.1, 0.15) is 49.1 Å². The molecule has 0 bridgehead atoms. The Morgan fingerprint density at radius 2 is 1.97 bits per heavy atom. The van der Waals surface area contributed by atoms with Gasteiger partial charge in [-0.25, -0.2) is 9.37 Å². The topological polar surface area (TPSA) is 71.1 Å². The van der Waals surface area contributed by atoms with Gasteiger partial charge in [-0.1, -0.05) is 42.5 Å². The van der Waals surface area contributed by atoms with Gasteiger partial charge >= 0.3 is 0 Å². The first-order chi connectivity index (χ1) is 15.4. The van der Waals surface area contributed by atoms with E-state index >= 15 is 0 Å². The van der Waals surface area contributed by atoms with E-state index in [1.54, 1.807) is 23.5 Å². The predicted molar refractivity (Wildman–Crippen MR) is 124 cm³/mol. The van der Waals surface area contributed by atoms with E-state index in [2.05, 4.69) is 15.6 Å². The molecule has 1 aliphatic heterocycles. The van der Waals surface area contributed by atoms with Gasteiger partial charge in [-0.05, 0) is 43.9 Å². The smallest absolute Gasteiger partial charge is 0.220 e. The monoisotopic (exact) mass is 451 g/mol. The summed E-state index contributed by atoms with van der Waals surface area (Å²) in [4.78, 5) is 30.1. The lowest BCUT2D eigenvalue weighted by atomic mass is 9.85. The molecule has 166 valence electrons. The number of nitrogens with zero attached hydrogens (tertiary/aromatic N) is 1. The first-order valence-electron chi connectivity index (χ1n) is 10.8. The van der Waals surface area contributed by atoms with E-state index in [4.69, 9.17) is 0 Å². The van der Waals surface area contributed by atoms with E-state index in [1.165, 1.54) is 12.1 Å². The number of rotatable bonds is 8. The number of halogens is 1. The van der Waals surface area contributed by atoms with Gasteiger partial charge in [0.25, 0.3) is 0 Å². The standard InChI is InChI=1S/C25H26FN3O2S/c1-17(21-16-27-24(32-21)19-5-3-2-4-6-19)28-22(30)11-13-25(14-12-23(31)29-25)15-18-7-9-20(26)10-8-18/h2-10,16-17H,11-15H2,1H3,(H,28,30)(H,29,31)/t17-,25+/m1/s1. The summed E-state index contributed by atoms with van der Waals surface area (Å²) in [7, 11) is 0. The molecule has 5 nitrogen and oxygen atoms in total. The third-order valence-electron chi connectivity index (χ3n) is 5.87. The quantitative estimate of drug-likeness (QED) is 0.517. The van der Waals surface area contributed by atoms with Crippen molar-refractivity contribution in [3.05, 3.63) is 77.1 Å². The van der Waals surface area contributed by atoms with Gasteiger partial charge in [0.05, 0.1) is 6.04 Å². The molecule has 2 N–H and O–H groups in total. The van der Waals surface area contributed by atoms with Gasteiger partial charge in [-0.3, -0.25) is 9.59 Å². The van der Waals surface area contributed by atoms with Crippen LogP contribution in [0, 0.1) is 5.82 Å². The first kappa shape index (κ1) is 22.1. The van der Waals surface area contributed by atoms with Crippen LogP contribution in [0.25, 0.3) is 10.6 Å². The fraction of sp³-hybridized carbons (Fsp3) is 0.320. The molecule has 2 amide bonds. The number of amides is 2. The van der Waals surface area contributed by atoms with Crippen molar-refractivity contribution in [1.29, 1.82) is 0 Å². The van der Waals surface area contributed by atoms with Crippen LogP contribution in [0.5, 0.6) is 0 Å². The molecule has 1 saturated heterocycles. The van der Waals surface area contributed by atoms with Gasteiger partial charge in [-0.15, -0.1) is 11.3 Å². The van der Waals surface area contributed by atoms with Crippen LogP contribution in [0.2, 0.25) is 0 Å². The van der Waals surface area contributed by atoms with Crippen molar-refractivity contribution in [3.8, 4) is 10.6 Å². The molecule has 0 radical (unpaired) electrons. The van der Waals surface area contributed by atoms with Crippen LogP contribution in [-0.4, -0.2) is 22.3 Å². The summed E-state index contributed by atoms with van der Waals surface area (Å²) >= 11 is 1.57. The van der Waals surface area contributed by atoms with Gasteiger partial charge in [0, 0.05) is 35.0 Å². The lowest BCUT2D eigenvalue weighted by Gasteiger charge is -2.29. The highest BCUT2D eigenvalue weighted by molar-refractivity contribution is 7.15. The van der Waals surface area contributed by atoms with Gasteiger partial charge < -0.3 is 10.6 Å². The number of hydrogen-bond donors (Lipinski definition) is 2. The van der Waals surface area contributed by atoms with Crippen molar-refractivity contribution in [3.63, 3.8) is 0 Å². The zero-order valence-corrected chi connectivity index (χ0v) is 18.8. The zero-order chi connectivity index (χ0) is 22.6. The van der Waals surface area contributed by atoms with Crippen molar-refractivity contribution >= 4 is 23.2 Å². The third kappa shape index (κ3) is 5.40. The molecule has 0 unspecified atom stereocenters. The maximum atomic E-state index is 13.2. The summed E-state index contributed by atoms with van der Waals surface area (Å²) in [5.74, 6) is -0.351. The van der Waals surface area contributed by atoms with Crippen LogP contribution < -0.4 is 10.6 Å². The molecule has 32 heavy (non-hydrogen) atoms. The molecule has 1 aromatic heterocycles. The molecule has 7 heteroatoms. The molecule has 1 aliphatic rings. The van der Waals surface area contributed by atoms with E-state index in [1.807, 2.05) is 43.5 Å². The Hall–Kier alpha value is -3.06. The molecule has 4 rings (SSSR count). The summed E-state index contributed by atoms with van der Waals surface area (Å²) in [6.07, 6.45) is 4.34. The summed E-state index contributed by atoms with van der Waals surface area (Å²) < 4.78 is 13.2. The third-order valence-corrected chi connectivity index (χ3v) is 7.10. The molecule has 2 aromatic carbocycles. The average molecular weight is 452 g/mol. The number of carbonyl (C=O) groups excluding carboxylic acids is 2. The number of carbonyl (C=O) groups is 2. The maximum absolute atomic E-state index is 13.2. The SMILES string of the molecule is C[C@@H](NC(=O)CC[C@@]1(Cc2ccc(F)cc2)CCC(=O)N1)c1cnc(-c2ccccc2)s1. The second-order valence-corrected chi connectivity index (χ2v) is 9.42. The number of benzene rings is 2. The summed E-state index contributed by atoms with van der Waals surface area (Å²) in [6, 6.07) is 16.1. The number of aromatic nitrogens is 1. The normalized spacial score (nSPS) is 18.9. The van der Waals surface area contributed by atoms with E-state index in [0.717, 1.165) is 21.0 Å². The molecule has 1 fully saturated rings. The van der Waals surface area contributed by atoms with Crippen LogP contribution >= 0.6 is 11.3 Å². The van der Waals surface area contributed by atoms with Crippen LogP contribution in [0.4, 0.5) is 4.39 Å². The van der Waals surface area contributed by atoms with Crippen LogP contribution in [0.3, 0.4) is 0 Å². The Balaban J connectivity index is 1.36. The van der Waals surface area contributed by atoms with E-state index in [9.17, 15) is 14.0 Å². The number of nitrogens with one attached hydrogen (secondary N) is 2. The molecule has 0 aliphatic carbocycles. The molecule has 2 heterocycles. The molecule has 0 saturated carbocycles. The lowest BCUT2D eigenvalue weighted by molar-refractivity contribution is -0.123. The summed E-state index contributed by atoms with van der Waals surface area (Å²) in [5, 5.41) is 7.05. The Morgan fingerprint density at radius 1 is 1.22 bits per heavy atom. The number of hydrogen-bond acceptors (Lipinski definition) is 4. The molecule has 0 spiro atoms. The van der Waals surface area contributed by atoms with Crippen molar-refractivity contribution in [2.24, 2.45) is 0 Å². The lowest BCUT2D eigenvalue weighted by Crippen LogP contribution is -2.44. The Labute approximate surface area is 191 Å². The fourth-order valence-corrected chi connectivity index (χ4v) is 5.04. The predicted octanol–water partition coefficient (Wildman–Crippen LogP) is 4.80. The minimum Gasteiger partial charge on any atom is -0.350 e. The highest BCUT2D eigenvalue weighted by Crippen LogP contribution is 2.31. The first-order valence-corrected chi connectivity index (χ1v) is 11.6. The van der Waals surface area contributed by atoms with Crippen molar-refractivity contribution in [1.82, 2.24) is 15.6 Å². The largest absolute Gasteiger partial charge is 0.350 e. The van der Waals surface area contributed by atoms with Crippen LogP contribution in [-0.2, 0) is 16.0 Å². The molecule has 3 aromatic rings. The van der Waals surface area contributed by atoms with Gasteiger partial charge in [0.2, 0.25) is 11.8 Å². The summed E-state index contributed by atoms with van der Waals surface area (Å²) in [5.41, 5.74) is 1.53.